The van der Waals surface area contributed by atoms with Gasteiger partial charge < -0.3 is 20.3 Å². The van der Waals surface area contributed by atoms with Gasteiger partial charge in [-0.3, -0.25) is 9.59 Å². The number of aromatic hydroxyl groups is 1. The fourth-order valence-electron chi connectivity index (χ4n) is 2.55. The van der Waals surface area contributed by atoms with Gasteiger partial charge in [0.1, 0.15) is 11.4 Å². The maximum absolute atomic E-state index is 12.6. The number of anilines is 1. The maximum Gasteiger partial charge on any atom is 0.337 e. The number of para-hydroxylation sites is 3. The third kappa shape index (κ3) is 3.54. The first kappa shape index (κ1) is 18.6. The molecule has 3 N–H and O–H groups in total. The van der Waals surface area contributed by atoms with Gasteiger partial charge in [-0.05, 0) is 24.3 Å². The molecule has 9 nitrogen and oxygen atoms in total. The van der Waals surface area contributed by atoms with Gasteiger partial charge in [-0.15, -0.1) is 0 Å². The van der Waals surface area contributed by atoms with Crippen molar-refractivity contribution in [3.8, 4) is 17.2 Å². The summed E-state index contributed by atoms with van der Waals surface area (Å²) in [5.74, 6) is -2.41. The third-order valence-electron chi connectivity index (χ3n) is 3.85. The second-order valence-corrected chi connectivity index (χ2v) is 5.60. The standard InChI is InChI=1S/C19H15N3O6/c1-28-15-9-5-4-8-13(15)22-16(24)10-14(23)17(21-22)18(25)20-12-7-3-2-6-11(12)19(26)27/h2-10,23H,1H3,(H,20,25)(H,26,27). The minimum Gasteiger partial charge on any atom is -0.505 e. The molecule has 9 heteroatoms. The number of amides is 1. The quantitative estimate of drug-likeness (QED) is 0.615. The van der Waals surface area contributed by atoms with Gasteiger partial charge in [-0.25, -0.2) is 4.79 Å². The number of ether oxygens (including phenoxy) is 1. The Morgan fingerprint density at radius 3 is 2.50 bits per heavy atom. The Morgan fingerprint density at radius 2 is 1.79 bits per heavy atom. The van der Waals surface area contributed by atoms with Gasteiger partial charge in [0.15, 0.2) is 11.4 Å². The van der Waals surface area contributed by atoms with E-state index in [1.807, 2.05) is 0 Å². The molecule has 0 saturated carbocycles. The lowest BCUT2D eigenvalue weighted by Crippen LogP contribution is -2.26. The lowest BCUT2D eigenvalue weighted by molar-refractivity contribution is 0.0698. The second kappa shape index (κ2) is 7.62. The van der Waals surface area contributed by atoms with Gasteiger partial charge in [0.2, 0.25) is 0 Å². The van der Waals surface area contributed by atoms with E-state index in [0.29, 0.717) is 5.75 Å². The molecule has 0 saturated heterocycles. The summed E-state index contributed by atoms with van der Waals surface area (Å²) < 4.78 is 6.11. The van der Waals surface area contributed by atoms with Crippen LogP contribution in [0.15, 0.2) is 59.4 Å². The van der Waals surface area contributed by atoms with Crippen LogP contribution >= 0.6 is 0 Å². The molecule has 3 aromatic rings. The number of hydrogen-bond acceptors (Lipinski definition) is 6. The molecule has 0 fully saturated rings. The highest BCUT2D eigenvalue weighted by atomic mass is 16.5. The SMILES string of the molecule is COc1ccccc1-n1nc(C(=O)Nc2ccccc2C(=O)O)c(O)cc1=O. The normalized spacial score (nSPS) is 10.3. The summed E-state index contributed by atoms with van der Waals surface area (Å²) in [4.78, 5) is 36.1. The monoisotopic (exact) mass is 381 g/mol. The summed E-state index contributed by atoms with van der Waals surface area (Å²) in [6.07, 6.45) is 0. The zero-order valence-corrected chi connectivity index (χ0v) is 14.6. The Morgan fingerprint density at radius 1 is 1.11 bits per heavy atom. The van der Waals surface area contributed by atoms with Crippen molar-refractivity contribution in [2.24, 2.45) is 0 Å². The van der Waals surface area contributed by atoms with Crippen molar-refractivity contribution < 1.29 is 24.5 Å². The lowest BCUT2D eigenvalue weighted by Gasteiger charge is -2.12. The molecule has 28 heavy (non-hydrogen) atoms. The molecule has 0 atom stereocenters. The average molecular weight is 381 g/mol. The molecule has 1 heterocycles. The van der Waals surface area contributed by atoms with Gasteiger partial charge in [0.05, 0.1) is 18.4 Å². The van der Waals surface area contributed by atoms with Crippen LogP contribution in [0, 0.1) is 0 Å². The van der Waals surface area contributed by atoms with E-state index >= 15 is 0 Å². The molecule has 1 aromatic heterocycles. The first-order valence-corrected chi connectivity index (χ1v) is 8.02. The Labute approximate surface area is 158 Å². The molecule has 3 rings (SSSR count). The summed E-state index contributed by atoms with van der Waals surface area (Å²) in [5, 5.41) is 25.6. The van der Waals surface area contributed by atoms with Crippen molar-refractivity contribution in [1.82, 2.24) is 9.78 Å². The van der Waals surface area contributed by atoms with E-state index in [0.717, 1.165) is 10.7 Å². The molecule has 0 spiro atoms. The van der Waals surface area contributed by atoms with Gasteiger partial charge in [-0.2, -0.15) is 9.78 Å². The van der Waals surface area contributed by atoms with Crippen molar-refractivity contribution >= 4 is 17.6 Å². The summed E-state index contributed by atoms with van der Waals surface area (Å²) in [7, 11) is 1.42. The molecule has 0 aliphatic rings. The van der Waals surface area contributed by atoms with E-state index in [2.05, 4.69) is 10.4 Å². The average Bonchev–Trinajstić information content (AvgIpc) is 2.68. The minimum atomic E-state index is -1.23. The number of hydrogen-bond donors (Lipinski definition) is 3. The van der Waals surface area contributed by atoms with E-state index in [-0.39, 0.29) is 16.9 Å². The molecule has 142 valence electrons. The topological polar surface area (TPSA) is 131 Å². The van der Waals surface area contributed by atoms with E-state index in [1.165, 1.54) is 25.3 Å². The Balaban J connectivity index is 2.05. The van der Waals surface area contributed by atoms with Crippen LogP contribution in [-0.2, 0) is 0 Å². The molecule has 0 bridgehead atoms. The number of rotatable bonds is 5. The molecular formula is C19H15N3O6. The molecule has 2 aromatic carbocycles. The molecule has 0 radical (unpaired) electrons. The van der Waals surface area contributed by atoms with Crippen LogP contribution in [0.4, 0.5) is 5.69 Å². The number of carboxylic acid groups (broad SMARTS) is 1. The van der Waals surface area contributed by atoms with E-state index in [1.54, 1.807) is 30.3 Å². The van der Waals surface area contributed by atoms with Crippen molar-refractivity contribution in [2.75, 3.05) is 12.4 Å². The highest BCUT2D eigenvalue weighted by Crippen LogP contribution is 2.22. The summed E-state index contributed by atoms with van der Waals surface area (Å²) in [6.45, 7) is 0. The van der Waals surface area contributed by atoms with Crippen molar-refractivity contribution in [2.45, 2.75) is 0 Å². The first-order valence-electron chi connectivity index (χ1n) is 8.02. The summed E-state index contributed by atoms with van der Waals surface area (Å²) in [5.41, 5.74) is -0.963. The number of carboxylic acids is 1. The highest BCUT2D eigenvalue weighted by Gasteiger charge is 2.20. The fourth-order valence-corrected chi connectivity index (χ4v) is 2.55. The number of benzene rings is 2. The maximum atomic E-state index is 12.6. The molecule has 0 aliphatic heterocycles. The van der Waals surface area contributed by atoms with Crippen LogP contribution in [-0.4, -0.2) is 39.0 Å². The van der Waals surface area contributed by atoms with E-state index in [9.17, 15) is 24.6 Å². The van der Waals surface area contributed by atoms with Crippen molar-refractivity contribution in [3.63, 3.8) is 0 Å². The zero-order valence-electron chi connectivity index (χ0n) is 14.6. The number of aromatic carboxylic acids is 1. The van der Waals surface area contributed by atoms with Crippen molar-refractivity contribution in [3.05, 3.63) is 76.2 Å². The molecule has 0 aliphatic carbocycles. The molecule has 1 amide bonds. The van der Waals surface area contributed by atoms with E-state index < -0.39 is 28.9 Å². The molecule has 0 unspecified atom stereocenters. The second-order valence-electron chi connectivity index (χ2n) is 5.60. The predicted molar refractivity (Wildman–Crippen MR) is 99.4 cm³/mol. The van der Waals surface area contributed by atoms with Gasteiger partial charge >= 0.3 is 5.97 Å². The number of carbonyl (C=O) groups excluding carboxylic acids is 1. The smallest absolute Gasteiger partial charge is 0.337 e. The number of nitrogens with one attached hydrogen (secondary N) is 1. The minimum absolute atomic E-state index is 0.0243. The van der Waals surface area contributed by atoms with E-state index in [4.69, 9.17) is 4.74 Å². The Kier molecular flexibility index (Phi) is 5.07. The Hall–Kier alpha value is -4.14. The van der Waals surface area contributed by atoms with Crippen LogP contribution < -0.4 is 15.6 Å². The number of aromatic nitrogens is 2. The number of methoxy groups -OCH3 is 1. The fraction of sp³-hybridized carbons (Fsp3) is 0.0526. The zero-order chi connectivity index (χ0) is 20.3. The van der Waals surface area contributed by atoms with Crippen LogP contribution in [0.1, 0.15) is 20.8 Å². The largest absolute Gasteiger partial charge is 0.505 e. The molecular weight excluding hydrogens is 366 g/mol. The van der Waals surface area contributed by atoms with Crippen LogP contribution in [0.3, 0.4) is 0 Å². The third-order valence-corrected chi connectivity index (χ3v) is 3.85. The first-order chi connectivity index (χ1) is 13.4. The van der Waals surface area contributed by atoms with Gasteiger partial charge in [0, 0.05) is 6.07 Å². The summed E-state index contributed by atoms with van der Waals surface area (Å²) in [6, 6.07) is 13.1. The van der Waals surface area contributed by atoms with Crippen molar-refractivity contribution in [1.29, 1.82) is 0 Å². The van der Waals surface area contributed by atoms with Crippen LogP contribution in [0.25, 0.3) is 5.69 Å². The number of carbonyl (C=O) groups is 2. The lowest BCUT2D eigenvalue weighted by atomic mass is 10.1. The van der Waals surface area contributed by atoms with Gasteiger partial charge in [0.25, 0.3) is 11.5 Å². The number of nitrogens with zero attached hydrogens (tertiary/aromatic N) is 2. The highest BCUT2D eigenvalue weighted by molar-refractivity contribution is 6.07. The van der Waals surface area contributed by atoms with Crippen LogP contribution in [0.2, 0.25) is 0 Å². The van der Waals surface area contributed by atoms with Crippen LogP contribution in [0.5, 0.6) is 11.5 Å². The predicted octanol–water partition coefficient (Wildman–Crippen LogP) is 1.90. The van der Waals surface area contributed by atoms with Gasteiger partial charge in [-0.1, -0.05) is 24.3 Å². The summed E-state index contributed by atoms with van der Waals surface area (Å²) >= 11 is 0. The Bertz CT molecular complexity index is 1120.